The van der Waals surface area contributed by atoms with Gasteiger partial charge >= 0.3 is 0 Å². The molecule has 1 aromatic carbocycles. The van der Waals surface area contributed by atoms with E-state index >= 15 is 0 Å². The van der Waals surface area contributed by atoms with Crippen molar-refractivity contribution < 1.29 is 14.6 Å². The number of carbonyl (C=O) groups excluding carboxylic acids is 1. The van der Waals surface area contributed by atoms with Gasteiger partial charge in [0.05, 0.1) is 18.2 Å². The Morgan fingerprint density at radius 1 is 1.37 bits per heavy atom. The van der Waals surface area contributed by atoms with Gasteiger partial charge in [-0.25, -0.2) is 0 Å². The predicted molar refractivity (Wildman–Crippen MR) is 75.5 cm³/mol. The second kappa shape index (κ2) is 6.57. The summed E-state index contributed by atoms with van der Waals surface area (Å²) in [4.78, 5) is 11.9. The van der Waals surface area contributed by atoms with E-state index in [0.717, 1.165) is 12.2 Å². The Bertz CT molecular complexity index is 412. The van der Waals surface area contributed by atoms with Crippen molar-refractivity contribution in [1.82, 2.24) is 5.32 Å². The highest BCUT2D eigenvalue weighted by molar-refractivity contribution is 5.94. The number of aliphatic hydroxyl groups excluding tert-OH is 1. The summed E-state index contributed by atoms with van der Waals surface area (Å²) in [5, 5.41) is 11.9. The number of ether oxygens (including phenoxy) is 1. The Balaban J connectivity index is 2.68. The molecular weight excluding hydrogens is 242 g/mol. The average molecular weight is 265 g/mol. The molecule has 1 amide bonds. The molecule has 0 aromatic heterocycles. The Labute approximate surface area is 114 Å². The zero-order valence-corrected chi connectivity index (χ0v) is 12.1. The minimum absolute atomic E-state index is 0.103. The van der Waals surface area contributed by atoms with Gasteiger partial charge in [0.25, 0.3) is 5.91 Å². The van der Waals surface area contributed by atoms with Crippen molar-refractivity contribution in [3.63, 3.8) is 0 Å². The van der Waals surface area contributed by atoms with Gasteiger partial charge in [-0.05, 0) is 51.5 Å². The first-order valence-corrected chi connectivity index (χ1v) is 6.58. The second-order valence-electron chi connectivity index (χ2n) is 5.36. The summed E-state index contributed by atoms with van der Waals surface area (Å²) in [6.07, 6.45) is 1.10. The van der Waals surface area contributed by atoms with Gasteiger partial charge in [-0.15, -0.1) is 0 Å². The van der Waals surface area contributed by atoms with Crippen molar-refractivity contribution in [3.05, 3.63) is 29.8 Å². The molecule has 0 bridgehead atoms. The molecular formula is C15H23NO3. The van der Waals surface area contributed by atoms with Gasteiger partial charge in [0, 0.05) is 5.56 Å². The van der Waals surface area contributed by atoms with Gasteiger partial charge in [-0.3, -0.25) is 4.79 Å². The first-order valence-electron chi connectivity index (χ1n) is 6.58. The number of hydrogen-bond donors (Lipinski definition) is 2. The molecule has 1 atom stereocenters. The van der Waals surface area contributed by atoms with Crippen LogP contribution in [0, 0.1) is 0 Å². The van der Waals surface area contributed by atoms with E-state index in [9.17, 15) is 4.79 Å². The Morgan fingerprint density at radius 2 is 1.95 bits per heavy atom. The molecule has 0 radical (unpaired) electrons. The summed E-state index contributed by atoms with van der Waals surface area (Å²) in [5.41, 5.74) is -0.0683. The minimum Gasteiger partial charge on any atom is -0.491 e. The summed E-state index contributed by atoms with van der Waals surface area (Å²) in [6.45, 7) is 7.50. The van der Waals surface area contributed by atoms with Crippen LogP contribution in [0.1, 0.15) is 44.5 Å². The first-order chi connectivity index (χ1) is 8.88. The monoisotopic (exact) mass is 265 g/mol. The highest BCUT2D eigenvalue weighted by Crippen LogP contribution is 2.15. The summed E-state index contributed by atoms with van der Waals surface area (Å²) >= 11 is 0. The Hall–Kier alpha value is -1.55. The van der Waals surface area contributed by atoms with Crippen LogP contribution in [-0.4, -0.2) is 29.3 Å². The van der Waals surface area contributed by atoms with Crippen LogP contribution in [0.5, 0.6) is 5.75 Å². The highest BCUT2D eigenvalue weighted by Gasteiger charge is 2.19. The van der Waals surface area contributed by atoms with Crippen molar-refractivity contribution in [2.75, 3.05) is 6.61 Å². The molecule has 4 nitrogen and oxygen atoms in total. The van der Waals surface area contributed by atoms with Gasteiger partial charge in [0.1, 0.15) is 5.75 Å². The van der Waals surface area contributed by atoms with Crippen molar-refractivity contribution in [2.24, 2.45) is 0 Å². The fraction of sp³-hybridized carbons (Fsp3) is 0.533. The van der Waals surface area contributed by atoms with E-state index in [1.165, 1.54) is 0 Å². The van der Waals surface area contributed by atoms with Crippen LogP contribution in [0.2, 0.25) is 0 Å². The first kappa shape index (κ1) is 15.5. The molecule has 0 spiro atoms. The SMILES string of the molecule is CCC(C)Oc1ccc(C(=O)NC(C)(C)CO)cc1. The molecule has 0 saturated heterocycles. The van der Waals surface area contributed by atoms with Gasteiger partial charge in [-0.2, -0.15) is 0 Å². The lowest BCUT2D eigenvalue weighted by atomic mass is 10.1. The van der Waals surface area contributed by atoms with Crippen LogP contribution in [0.3, 0.4) is 0 Å². The zero-order valence-electron chi connectivity index (χ0n) is 12.1. The van der Waals surface area contributed by atoms with Crippen molar-refractivity contribution in [1.29, 1.82) is 0 Å². The van der Waals surface area contributed by atoms with Crippen molar-refractivity contribution >= 4 is 5.91 Å². The van der Waals surface area contributed by atoms with Crippen LogP contribution in [0.4, 0.5) is 0 Å². The van der Waals surface area contributed by atoms with Crippen molar-refractivity contribution in [2.45, 2.75) is 45.8 Å². The number of aliphatic hydroxyl groups is 1. The van der Waals surface area contributed by atoms with Gasteiger partial charge < -0.3 is 15.2 Å². The van der Waals surface area contributed by atoms with E-state index in [1.807, 2.05) is 6.92 Å². The molecule has 4 heteroatoms. The molecule has 1 unspecified atom stereocenters. The Morgan fingerprint density at radius 3 is 2.42 bits per heavy atom. The third kappa shape index (κ3) is 4.91. The lowest BCUT2D eigenvalue weighted by Crippen LogP contribution is -2.46. The average Bonchev–Trinajstić information content (AvgIpc) is 2.39. The second-order valence-corrected chi connectivity index (χ2v) is 5.36. The third-order valence-corrected chi connectivity index (χ3v) is 2.88. The van der Waals surface area contributed by atoms with Crippen LogP contribution >= 0.6 is 0 Å². The molecule has 0 aliphatic carbocycles. The normalized spacial score (nSPS) is 12.9. The van der Waals surface area contributed by atoms with Gasteiger partial charge in [0.2, 0.25) is 0 Å². The lowest BCUT2D eigenvalue weighted by Gasteiger charge is -2.23. The van der Waals surface area contributed by atoms with E-state index in [1.54, 1.807) is 38.1 Å². The Kier molecular flexibility index (Phi) is 5.36. The molecule has 1 rings (SSSR count). The minimum atomic E-state index is -0.622. The number of nitrogens with one attached hydrogen (secondary N) is 1. The number of benzene rings is 1. The fourth-order valence-corrected chi connectivity index (χ4v) is 1.42. The maximum Gasteiger partial charge on any atom is 0.251 e. The highest BCUT2D eigenvalue weighted by atomic mass is 16.5. The van der Waals surface area contributed by atoms with E-state index < -0.39 is 5.54 Å². The maximum atomic E-state index is 11.9. The number of carbonyl (C=O) groups is 1. The molecule has 0 aliphatic rings. The molecule has 0 fully saturated rings. The summed E-state index contributed by atoms with van der Waals surface area (Å²) in [5.74, 6) is 0.557. The maximum absolute atomic E-state index is 11.9. The number of amides is 1. The van der Waals surface area contributed by atoms with Crippen LogP contribution in [0.15, 0.2) is 24.3 Å². The van der Waals surface area contributed by atoms with E-state index in [4.69, 9.17) is 9.84 Å². The van der Waals surface area contributed by atoms with Gasteiger partial charge in [0.15, 0.2) is 0 Å². The van der Waals surface area contributed by atoms with Crippen LogP contribution < -0.4 is 10.1 Å². The summed E-state index contributed by atoms with van der Waals surface area (Å²) < 4.78 is 5.65. The fourth-order valence-electron chi connectivity index (χ4n) is 1.42. The lowest BCUT2D eigenvalue weighted by molar-refractivity contribution is 0.0869. The van der Waals surface area contributed by atoms with Crippen LogP contribution in [0.25, 0.3) is 0 Å². The van der Waals surface area contributed by atoms with E-state index in [2.05, 4.69) is 12.2 Å². The number of hydrogen-bond acceptors (Lipinski definition) is 3. The molecule has 0 saturated carbocycles. The molecule has 19 heavy (non-hydrogen) atoms. The predicted octanol–water partition coefficient (Wildman–Crippen LogP) is 2.36. The zero-order chi connectivity index (χ0) is 14.5. The van der Waals surface area contributed by atoms with Gasteiger partial charge in [-0.1, -0.05) is 6.92 Å². The van der Waals surface area contributed by atoms with Crippen LogP contribution in [-0.2, 0) is 0 Å². The van der Waals surface area contributed by atoms with E-state index in [-0.39, 0.29) is 18.6 Å². The summed E-state index contributed by atoms with van der Waals surface area (Å²) in [6, 6.07) is 7.01. The molecule has 106 valence electrons. The smallest absolute Gasteiger partial charge is 0.251 e. The standard InChI is InChI=1S/C15H23NO3/c1-5-11(2)19-13-8-6-12(7-9-13)14(18)16-15(3,4)10-17/h6-9,11,17H,5,10H2,1-4H3,(H,16,18). The molecule has 0 aliphatic heterocycles. The van der Waals surface area contributed by atoms with E-state index in [0.29, 0.717) is 5.56 Å². The molecule has 1 aromatic rings. The quantitative estimate of drug-likeness (QED) is 0.830. The number of rotatable bonds is 6. The summed E-state index contributed by atoms with van der Waals surface area (Å²) in [7, 11) is 0. The topological polar surface area (TPSA) is 58.6 Å². The largest absolute Gasteiger partial charge is 0.491 e. The molecule has 0 heterocycles. The van der Waals surface area contributed by atoms with Crippen molar-refractivity contribution in [3.8, 4) is 5.75 Å². The molecule has 2 N–H and O–H groups in total. The third-order valence-electron chi connectivity index (χ3n) is 2.88.